The third-order valence-electron chi connectivity index (χ3n) is 5.39. The molecule has 3 heterocycles. The SMILES string of the molecule is COc1cccc(C2CC(C(=O)N3CCn4c3nc3ccccc34)NN2)c1. The van der Waals surface area contributed by atoms with Crippen LogP contribution < -0.4 is 20.5 Å². The van der Waals surface area contributed by atoms with Gasteiger partial charge in [0.1, 0.15) is 11.8 Å². The number of benzene rings is 2. The van der Waals surface area contributed by atoms with Crippen molar-refractivity contribution in [2.45, 2.75) is 25.0 Å². The molecular weight excluding hydrogens is 342 g/mol. The molecule has 27 heavy (non-hydrogen) atoms. The number of carbonyl (C=O) groups excluding carboxylic acids is 1. The van der Waals surface area contributed by atoms with Gasteiger partial charge < -0.3 is 9.30 Å². The van der Waals surface area contributed by atoms with E-state index in [4.69, 9.17) is 4.74 Å². The minimum atomic E-state index is -0.285. The maximum absolute atomic E-state index is 13.1. The van der Waals surface area contributed by atoms with Gasteiger partial charge in [0, 0.05) is 19.1 Å². The number of para-hydroxylation sites is 2. The van der Waals surface area contributed by atoms with Crippen molar-refractivity contribution in [3.63, 3.8) is 0 Å². The van der Waals surface area contributed by atoms with Crippen LogP contribution >= 0.6 is 0 Å². The number of nitrogens with zero attached hydrogens (tertiary/aromatic N) is 3. The zero-order valence-corrected chi connectivity index (χ0v) is 15.1. The molecular formula is C20H21N5O2. The summed E-state index contributed by atoms with van der Waals surface area (Å²) in [5, 5.41) is 0. The summed E-state index contributed by atoms with van der Waals surface area (Å²) in [6.45, 7) is 1.44. The minimum Gasteiger partial charge on any atom is -0.497 e. The molecule has 2 aliphatic heterocycles. The molecule has 7 heteroatoms. The fourth-order valence-electron chi connectivity index (χ4n) is 3.98. The molecule has 2 atom stereocenters. The number of hydrogen-bond acceptors (Lipinski definition) is 5. The van der Waals surface area contributed by atoms with Crippen molar-refractivity contribution in [2.24, 2.45) is 0 Å². The van der Waals surface area contributed by atoms with Crippen LogP contribution in [0, 0.1) is 0 Å². The fraction of sp³-hybridized carbons (Fsp3) is 0.300. The lowest BCUT2D eigenvalue weighted by atomic mass is 10.0. The first-order valence-electron chi connectivity index (χ1n) is 9.16. The van der Waals surface area contributed by atoms with Gasteiger partial charge in [-0.05, 0) is 36.2 Å². The summed E-state index contributed by atoms with van der Waals surface area (Å²) >= 11 is 0. The van der Waals surface area contributed by atoms with E-state index < -0.39 is 0 Å². The highest BCUT2D eigenvalue weighted by Crippen LogP contribution is 2.30. The molecule has 0 bridgehead atoms. The maximum Gasteiger partial charge on any atom is 0.247 e. The molecule has 1 amide bonds. The summed E-state index contributed by atoms with van der Waals surface area (Å²) < 4.78 is 7.42. The Morgan fingerprint density at radius 2 is 2.04 bits per heavy atom. The van der Waals surface area contributed by atoms with Crippen molar-refractivity contribution in [1.82, 2.24) is 20.4 Å². The summed E-state index contributed by atoms with van der Waals surface area (Å²) in [4.78, 5) is 19.6. The second-order valence-corrected chi connectivity index (χ2v) is 6.95. The number of hydrazine groups is 1. The molecule has 2 aromatic carbocycles. The van der Waals surface area contributed by atoms with E-state index in [2.05, 4.69) is 20.4 Å². The summed E-state index contributed by atoms with van der Waals surface area (Å²) in [7, 11) is 1.66. The van der Waals surface area contributed by atoms with Crippen molar-refractivity contribution in [3.8, 4) is 5.75 Å². The third kappa shape index (κ3) is 2.67. The quantitative estimate of drug-likeness (QED) is 0.745. The Kier molecular flexibility index (Phi) is 3.84. The van der Waals surface area contributed by atoms with E-state index >= 15 is 0 Å². The smallest absolute Gasteiger partial charge is 0.247 e. The van der Waals surface area contributed by atoms with Gasteiger partial charge in [0.2, 0.25) is 11.9 Å². The van der Waals surface area contributed by atoms with Crippen LogP contribution in [0.1, 0.15) is 18.0 Å². The highest BCUT2D eigenvalue weighted by molar-refractivity contribution is 5.98. The number of hydrogen-bond donors (Lipinski definition) is 2. The molecule has 2 N–H and O–H groups in total. The van der Waals surface area contributed by atoms with Gasteiger partial charge in [0.15, 0.2) is 0 Å². The summed E-state index contributed by atoms with van der Waals surface area (Å²) in [6, 6.07) is 15.7. The van der Waals surface area contributed by atoms with Gasteiger partial charge in [-0.2, -0.15) is 0 Å². The number of carbonyl (C=O) groups is 1. The largest absolute Gasteiger partial charge is 0.497 e. The Balaban J connectivity index is 1.36. The van der Waals surface area contributed by atoms with Gasteiger partial charge >= 0.3 is 0 Å². The third-order valence-corrected chi connectivity index (χ3v) is 5.39. The number of nitrogens with one attached hydrogen (secondary N) is 2. The van der Waals surface area contributed by atoms with Crippen LogP contribution in [0.25, 0.3) is 11.0 Å². The molecule has 1 saturated heterocycles. The number of imidazole rings is 1. The molecule has 0 radical (unpaired) electrons. The average Bonchev–Trinajstić information content (AvgIpc) is 3.42. The lowest BCUT2D eigenvalue weighted by Crippen LogP contribution is -2.45. The highest BCUT2D eigenvalue weighted by Gasteiger charge is 2.37. The second kappa shape index (κ2) is 6.37. The van der Waals surface area contributed by atoms with E-state index in [1.807, 2.05) is 48.5 Å². The van der Waals surface area contributed by atoms with Crippen LogP contribution in [0.2, 0.25) is 0 Å². The van der Waals surface area contributed by atoms with Gasteiger partial charge in [0.05, 0.1) is 18.1 Å². The highest BCUT2D eigenvalue weighted by atomic mass is 16.5. The number of anilines is 1. The average molecular weight is 363 g/mol. The van der Waals surface area contributed by atoms with E-state index in [0.29, 0.717) is 13.0 Å². The van der Waals surface area contributed by atoms with E-state index in [0.717, 1.165) is 34.8 Å². The topological polar surface area (TPSA) is 71.4 Å². The van der Waals surface area contributed by atoms with Crippen molar-refractivity contribution < 1.29 is 9.53 Å². The Bertz CT molecular complexity index is 1010. The molecule has 138 valence electrons. The summed E-state index contributed by atoms with van der Waals surface area (Å²) in [6.07, 6.45) is 0.683. The Hall–Kier alpha value is -2.90. The van der Waals surface area contributed by atoms with Gasteiger partial charge in [-0.3, -0.25) is 9.69 Å². The zero-order valence-electron chi connectivity index (χ0n) is 15.1. The zero-order chi connectivity index (χ0) is 18.4. The Labute approximate surface area is 156 Å². The molecule has 0 saturated carbocycles. The van der Waals surface area contributed by atoms with E-state index in [1.54, 1.807) is 12.0 Å². The predicted octanol–water partition coefficient (Wildman–Crippen LogP) is 2.00. The van der Waals surface area contributed by atoms with Crippen molar-refractivity contribution in [2.75, 3.05) is 18.6 Å². The molecule has 0 aliphatic carbocycles. The van der Waals surface area contributed by atoms with E-state index in [9.17, 15) is 4.79 Å². The summed E-state index contributed by atoms with van der Waals surface area (Å²) in [5.41, 5.74) is 9.52. The van der Waals surface area contributed by atoms with Crippen LogP contribution in [-0.4, -0.2) is 35.2 Å². The molecule has 1 aromatic heterocycles. The first kappa shape index (κ1) is 16.3. The molecule has 3 aromatic rings. The van der Waals surface area contributed by atoms with Crippen molar-refractivity contribution in [3.05, 3.63) is 54.1 Å². The Morgan fingerprint density at radius 3 is 2.93 bits per heavy atom. The van der Waals surface area contributed by atoms with Gasteiger partial charge in [0.25, 0.3) is 0 Å². The van der Waals surface area contributed by atoms with Crippen molar-refractivity contribution >= 4 is 22.9 Å². The van der Waals surface area contributed by atoms with Gasteiger partial charge in [-0.1, -0.05) is 24.3 Å². The number of ether oxygens (including phenoxy) is 1. The first-order valence-corrected chi connectivity index (χ1v) is 9.16. The number of aromatic nitrogens is 2. The number of methoxy groups -OCH3 is 1. The standard InChI is InChI=1S/C20H21N5O2/c1-27-14-6-4-5-13(11-14)16-12-17(23-22-16)19(26)25-10-9-24-18-8-3-2-7-15(18)21-20(24)25/h2-8,11,16-17,22-23H,9-10,12H2,1H3. The van der Waals surface area contributed by atoms with Gasteiger partial charge in [-0.15, -0.1) is 0 Å². The molecule has 7 nitrogen and oxygen atoms in total. The van der Waals surface area contributed by atoms with Crippen LogP contribution in [0.15, 0.2) is 48.5 Å². The molecule has 1 fully saturated rings. The number of rotatable bonds is 3. The second-order valence-electron chi connectivity index (χ2n) is 6.95. The summed E-state index contributed by atoms with van der Waals surface area (Å²) in [5.74, 6) is 1.62. The molecule has 5 rings (SSSR count). The predicted molar refractivity (Wildman–Crippen MR) is 102 cm³/mol. The van der Waals surface area contributed by atoms with E-state index in [1.165, 1.54) is 0 Å². The molecule has 0 spiro atoms. The molecule has 2 aliphatic rings. The first-order chi connectivity index (χ1) is 13.2. The minimum absolute atomic E-state index is 0.0574. The van der Waals surface area contributed by atoms with Crippen LogP contribution in [-0.2, 0) is 11.3 Å². The van der Waals surface area contributed by atoms with Gasteiger partial charge in [-0.25, -0.2) is 15.8 Å². The maximum atomic E-state index is 13.1. The van der Waals surface area contributed by atoms with E-state index in [-0.39, 0.29) is 18.0 Å². The Morgan fingerprint density at radius 1 is 1.15 bits per heavy atom. The lowest BCUT2D eigenvalue weighted by Gasteiger charge is -2.18. The normalized spacial score (nSPS) is 21.6. The van der Waals surface area contributed by atoms with Crippen molar-refractivity contribution in [1.29, 1.82) is 0 Å². The molecule has 2 unspecified atom stereocenters. The van der Waals surface area contributed by atoms with Crippen LogP contribution in [0.5, 0.6) is 5.75 Å². The monoisotopic (exact) mass is 363 g/mol. The van der Waals surface area contributed by atoms with Crippen LogP contribution in [0.4, 0.5) is 5.95 Å². The van der Waals surface area contributed by atoms with Crippen LogP contribution in [0.3, 0.4) is 0 Å². The fourth-order valence-corrected chi connectivity index (χ4v) is 3.98. The number of amides is 1. The lowest BCUT2D eigenvalue weighted by molar-refractivity contribution is -0.120. The number of fused-ring (bicyclic) bond motifs is 3.